The molecule has 0 aliphatic carbocycles. The predicted molar refractivity (Wildman–Crippen MR) is 112 cm³/mol. The van der Waals surface area contributed by atoms with Crippen molar-refractivity contribution in [3.63, 3.8) is 0 Å². The molecule has 3 amide bonds. The number of carbonyl (C=O) groups excluding carboxylic acids is 3. The molecular weight excluding hydrogens is 376 g/mol. The van der Waals surface area contributed by atoms with Gasteiger partial charge in [-0.2, -0.15) is 0 Å². The van der Waals surface area contributed by atoms with Gasteiger partial charge in [-0.3, -0.25) is 19.3 Å². The van der Waals surface area contributed by atoms with E-state index in [-0.39, 0.29) is 18.4 Å². The standard InChI is InChI=1S/C25H20N2O3/c28-23(16-27-24(29)20-12-6-7-13-21(20)25(27)30)26-14-18-10-4-5-11-19(18)22(15-26)17-8-2-1-3-9-17/h1-13,22H,14-16H2/t22-/m0/s1. The maximum absolute atomic E-state index is 13.2. The van der Waals surface area contributed by atoms with Crippen LogP contribution in [0.25, 0.3) is 0 Å². The first-order chi connectivity index (χ1) is 14.6. The third-order valence-corrected chi connectivity index (χ3v) is 5.92. The zero-order valence-corrected chi connectivity index (χ0v) is 16.3. The van der Waals surface area contributed by atoms with Gasteiger partial charge in [-0.25, -0.2) is 0 Å². The van der Waals surface area contributed by atoms with Gasteiger partial charge < -0.3 is 4.90 Å². The minimum Gasteiger partial charge on any atom is -0.336 e. The molecule has 2 heterocycles. The Labute approximate surface area is 174 Å². The van der Waals surface area contributed by atoms with E-state index in [0.29, 0.717) is 24.2 Å². The maximum Gasteiger partial charge on any atom is 0.262 e. The van der Waals surface area contributed by atoms with E-state index in [9.17, 15) is 14.4 Å². The molecule has 0 fully saturated rings. The summed E-state index contributed by atoms with van der Waals surface area (Å²) in [6.45, 7) is 0.751. The number of hydrogen-bond donors (Lipinski definition) is 0. The summed E-state index contributed by atoms with van der Waals surface area (Å²) in [6, 6.07) is 24.9. The van der Waals surface area contributed by atoms with E-state index in [1.54, 1.807) is 29.2 Å². The normalized spacial score (nSPS) is 17.7. The van der Waals surface area contributed by atoms with Gasteiger partial charge in [0.2, 0.25) is 5.91 Å². The van der Waals surface area contributed by atoms with Crippen molar-refractivity contribution in [2.75, 3.05) is 13.1 Å². The zero-order chi connectivity index (χ0) is 20.7. The fourth-order valence-corrected chi connectivity index (χ4v) is 4.39. The molecule has 0 unspecified atom stereocenters. The molecule has 0 saturated heterocycles. The molecule has 3 aromatic carbocycles. The Balaban J connectivity index is 1.41. The smallest absolute Gasteiger partial charge is 0.262 e. The lowest BCUT2D eigenvalue weighted by Crippen LogP contribution is -2.45. The van der Waals surface area contributed by atoms with Gasteiger partial charge >= 0.3 is 0 Å². The van der Waals surface area contributed by atoms with Gasteiger partial charge in [-0.05, 0) is 28.8 Å². The third kappa shape index (κ3) is 2.99. The molecule has 0 aromatic heterocycles. The molecule has 1 atom stereocenters. The van der Waals surface area contributed by atoms with Crippen molar-refractivity contribution in [2.24, 2.45) is 0 Å². The molecule has 0 bridgehead atoms. The molecule has 5 nitrogen and oxygen atoms in total. The Kier molecular flexibility index (Phi) is 4.43. The molecule has 30 heavy (non-hydrogen) atoms. The number of benzene rings is 3. The number of imide groups is 1. The Hall–Kier alpha value is -3.73. The highest BCUT2D eigenvalue weighted by Crippen LogP contribution is 2.33. The van der Waals surface area contributed by atoms with Crippen molar-refractivity contribution in [1.29, 1.82) is 0 Å². The van der Waals surface area contributed by atoms with Crippen molar-refractivity contribution >= 4 is 17.7 Å². The number of hydrogen-bond acceptors (Lipinski definition) is 3. The monoisotopic (exact) mass is 396 g/mol. The Morgan fingerprint density at radius 3 is 2.10 bits per heavy atom. The number of carbonyl (C=O) groups is 3. The molecule has 0 N–H and O–H groups in total. The minimum absolute atomic E-state index is 0.0577. The highest BCUT2D eigenvalue weighted by atomic mass is 16.2. The van der Waals surface area contributed by atoms with E-state index >= 15 is 0 Å². The molecular formula is C25H20N2O3. The van der Waals surface area contributed by atoms with Gasteiger partial charge in [0.1, 0.15) is 6.54 Å². The third-order valence-electron chi connectivity index (χ3n) is 5.92. The maximum atomic E-state index is 13.2. The van der Waals surface area contributed by atoms with E-state index in [1.165, 1.54) is 5.56 Å². The first-order valence-corrected chi connectivity index (χ1v) is 9.99. The van der Waals surface area contributed by atoms with Crippen LogP contribution >= 0.6 is 0 Å². The van der Waals surface area contributed by atoms with Crippen LogP contribution in [0.1, 0.15) is 43.3 Å². The lowest BCUT2D eigenvalue weighted by molar-refractivity contribution is -0.132. The van der Waals surface area contributed by atoms with Crippen LogP contribution in [0.4, 0.5) is 0 Å². The predicted octanol–water partition coefficient (Wildman–Crippen LogP) is 3.46. The summed E-state index contributed by atoms with van der Waals surface area (Å²) in [4.78, 5) is 41.3. The molecule has 148 valence electrons. The van der Waals surface area contributed by atoms with Crippen molar-refractivity contribution < 1.29 is 14.4 Å². The van der Waals surface area contributed by atoms with Crippen LogP contribution in [-0.4, -0.2) is 40.6 Å². The molecule has 0 radical (unpaired) electrons. The van der Waals surface area contributed by atoms with Crippen LogP contribution in [0.2, 0.25) is 0 Å². The highest BCUT2D eigenvalue weighted by Gasteiger charge is 2.38. The van der Waals surface area contributed by atoms with Crippen molar-refractivity contribution in [1.82, 2.24) is 9.80 Å². The summed E-state index contributed by atoms with van der Waals surface area (Å²) < 4.78 is 0. The Morgan fingerprint density at radius 2 is 1.40 bits per heavy atom. The fourth-order valence-electron chi connectivity index (χ4n) is 4.39. The first-order valence-electron chi connectivity index (χ1n) is 9.99. The van der Waals surface area contributed by atoms with E-state index in [4.69, 9.17) is 0 Å². The van der Waals surface area contributed by atoms with Gasteiger partial charge in [0.25, 0.3) is 11.8 Å². The Morgan fingerprint density at radius 1 is 0.800 bits per heavy atom. The van der Waals surface area contributed by atoms with Crippen molar-refractivity contribution in [3.8, 4) is 0 Å². The zero-order valence-electron chi connectivity index (χ0n) is 16.3. The lowest BCUT2D eigenvalue weighted by Gasteiger charge is -2.35. The van der Waals surface area contributed by atoms with Gasteiger partial charge in [0, 0.05) is 19.0 Å². The molecule has 2 aliphatic heterocycles. The SMILES string of the molecule is O=C(CN1C(=O)c2ccccc2C1=O)N1Cc2ccccc2[C@H](c2ccccc2)C1. The number of nitrogens with zero attached hydrogens (tertiary/aromatic N) is 2. The fraction of sp³-hybridized carbons (Fsp3) is 0.160. The van der Waals surface area contributed by atoms with E-state index in [2.05, 4.69) is 18.2 Å². The van der Waals surface area contributed by atoms with Crippen LogP contribution in [0.15, 0.2) is 78.9 Å². The lowest BCUT2D eigenvalue weighted by atomic mass is 9.84. The van der Waals surface area contributed by atoms with Crippen LogP contribution in [-0.2, 0) is 11.3 Å². The largest absolute Gasteiger partial charge is 0.336 e. The average Bonchev–Trinajstić information content (AvgIpc) is 3.04. The molecule has 5 rings (SSSR count). The second-order valence-electron chi connectivity index (χ2n) is 7.68. The molecule has 0 saturated carbocycles. The average molecular weight is 396 g/mol. The summed E-state index contributed by atoms with van der Waals surface area (Å²) in [7, 11) is 0. The van der Waals surface area contributed by atoms with Crippen LogP contribution in [0.3, 0.4) is 0 Å². The molecule has 3 aromatic rings. The van der Waals surface area contributed by atoms with Gasteiger partial charge in [0.05, 0.1) is 11.1 Å². The van der Waals surface area contributed by atoms with Crippen molar-refractivity contribution in [2.45, 2.75) is 12.5 Å². The van der Waals surface area contributed by atoms with Gasteiger partial charge in [0.15, 0.2) is 0 Å². The summed E-state index contributed by atoms with van der Waals surface area (Å²) in [6.07, 6.45) is 0. The summed E-state index contributed by atoms with van der Waals surface area (Å²) in [5.74, 6) is -0.968. The number of fused-ring (bicyclic) bond motifs is 2. The number of amides is 3. The number of rotatable bonds is 3. The highest BCUT2D eigenvalue weighted by molar-refractivity contribution is 6.22. The van der Waals surface area contributed by atoms with E-state index < -0.39 is 11.8 Å². The van der Waals surface area contributed by atoms with Crippen LogP contribution in [0.5, 0.6) is 0 Å². The minimum atomic E-state index is -0.402. The molecule has 2 aliphatic rings. The van der Waals surface area contributed by atoms with Crippen LogP contribution < -0.4 is 0 Å². The molecule has 0 spiro atoms. The summed E-state index contributed by atoms with van der Waals surface area (Å²) in [5.41, 5.74) is 4.17. The summed E-state index contributed by atoms with van der Waals surface area (Å²) >= 11 is 0. The van der Waals surface area contributed by atoms with Crippen LogP contribution in [0, 0.1) is 0 Å². The van der Waals surface area contributed by atoms with Gasteiger partial charge in [-0.1, -0.05) is 66.7 Å². The quantitative estimate of drug-likeness (QED) is 0.637. The van der Waals surface area contributed by atoms with Gasteiger partial charge in [-0.15, -0.1) is 0 Å². The van der Waals surface area contributed by atoms with E-state index in [1.807, 2.05) is 36.4 Å². The summed E-state index contributed by atoms with van der Waals surface area (Å²) in [5, 5.41) is 0. The topological polar surface area (TPSA) is 57.7 Å². The Bertz CT molecular complexity index is 1120. The first kappa shape index (κ1) is 18.3. The molecule has 5 heteroatoms. The second-order valence-corrected chi connectivity index (χ2v) is 7.68. The van der Waals surface area contributed by atoms with E-state index in [0.717, 1.165) is 16.0 Å². The second kappa shape index (κ2) is 7.26. The van der Waals surface area contributed by atoms with Crippen molar-refractivity contribution in [3.05, 3.63) is 107 Å².